The van der Waals surface area contributed by atoms with Gasteiger partial charge in [0.1, 0.15) is 0 Å². The summed E-state index contributed by atoms with van der Waals surface area (Å²) in [7, 11) is 0. The monoisotopic (exact) mass is 209 g/mol. The molecule has 1 atom stereocenters. The topological polar surface area (TPSA) is 26.3 Å². The van der Waals surface area contributed by atoms with Gasteiger partial charge in [0.15, 0.2) is 0 Å². The molecule has 1 fully saturated rings. The van der Waals surface area contributed by atoms with E-state index in [9.17, 15) is 4.79 Å². The fourth-order valence-electron chi connectivity index (χ4n) is 1.11. The Balaban J connectivity index is 0.00000144. The first-order chi connectivity index (χ1) is 5.83. The summed E-state index contributed by atoms with van der Waals surface area (Å²) in [6, 6.07) is 0. The van der Waals surface area contributed by atoms with Gasteiger partial charge >= 0.3 is 5.97 Å². The molecule has 1 saturated heterocycles. The van der Waals surface area contributed by atoms with Crippen molar-refractivity contribution in [2.24, 2.45) is 5.92 Å². The normalized spacial score (nSPS) is 21.5. The molecule has 1 aliphatic heterocycles. The number of hydrogen-bond acceptors (Lipinski definition) is 3. The van der Waals surface area contributed by atoms with Crippen molar-refractivity contribution in [1.82, 2.24) is 0 Å². The van der Waals surface area contributed by atoms with Crippen LogP contribution >= 0.6 is 11.8 Å². The number of ether oxygens (including phenoxy) is 1. The molecular weight excluding hydrogens is 195 g/mol. The Morgan fingerprint density at radius 2 is 2.46 bits per heavy atom. The Kier molecular flexibility index (Phi) is 8.26. The molecule has 1 heterocycles. The third-order valence-corrected chi connectivity index (χ3v) is 2.94. The molecule has 2 nitrogen and oxygen atoms in total. The number of thioether (sulfide) groups is 1. The maximum atomic E-state index is 10.9. The summed E-state index contributed by atoms with van der Waals surface area (Å²) in [5.41, 5.74) is 0. The second-order valence-electron chi connectivity index (χ2n) is 2.73. The molecule has 0 aliphatic carbocycles. The zero-order valence-corrected chi connectivity index (χ0v) is 11.1. The van der Waals surface area contributed by atoms with Crippen LogP contribution in [0.15, 0.2) is 12.2 Å². The van der Waals surface area contributed by atoms with Gasteiger partial charge < -0.3 is 4.74 Å². The molecule has 1 unspecified atom stereocenters. The standard InChI is InChI=1S/C9H14O2S.Na/c1-2-11-9(10)4-3-8-5-6-12-7-8;/h3-4,8H,2,5-7H2,1H3;. The average Bonchev–Trinajstić information content (AvgIpc) is 2.53. The quantitative estimate of drug-likeness (QED) is 0.400. The van der Waals surface area contributed by atoms with Gasteiger partial charge in [-0.05, 0) is 30.8 Å². The van der Waals surface area contributed by atoms with E-state index in [0.717, 1.165) is 5.75 Å². The van der Waals surface area contributed by atoms with Crippen molar-refractivity contribution in [1.29, 1.82) is 0 Å². The van der Waals surface area contributed by atoms with Crippen LogP contribution in [-0.4, -0.2) is 53.6 Å². The molecule has 1 rings (SSSR count). The Labute approximate surface area is 106 Å². The number of esters is 1. The van der Waals surface area contributed by atoms with Crippen molar-refractivity contribution in [2.45, 2.75) is 13.3 Å². The molecule has 0 aromatic rings. The van der Waals surface area contributed by atoms with Crippen molar-refractivity contribution < 1.29 is 9.53 Å². The van der Waals surface area contributed by atoms with Crippen LogP contribution in [0.5, 0.6) is 0 Å². The van der Waals surface area contributed by atoms with Crippen molar-refractivity contribution >= 4 is 47.3 Å². The first-order valence-corrected chi connectivity index (χ1v) is 5.41. The predicted molar refractivity (Wildman–Crippen MR) is 57.0 cm³/mol. The SMILES string of the molecule is CCOC(=O)C=CC1CCSC1.[Na]. The first kappa shape index (κ1) is 13.6. The first-order valence-electron chi connectivity index (χ1n) is 4.25. The van der Waals surface area contributed by atoms with Crippen molar-refractivity contribution in [3.8, 4) is 0 Å². The second kappa shape index (κ2) is 7.92. The van der Waals surface area contributed by atoms with Crippen LogP contribution in [0.3, 0.4) is 0 Å². The van der Waals surface area contributed by atoms with Gasteiger partial charge in [0.25, 0.3) is 0 Å². The minimum atomic E-state index is -0.214. The maximum Gasteiger partial charge on any atom is 0.330 e. The van der Waals surface area contributed by atoms with Crippen LogP contribution in [0, 0.1) is 5.92 Å². The predicted octanol–water partition coefficient (Wildman–Crippen LogP) is 1.48. The zero-order valence-electron chi connectivity index (χ0n) is 8.29. The second-order valence-corrected chi connectivity index (χ2v) is 3.88. The molecule has 4 heteroatoms. The van der Waals surface area contributed by atoms with Gasteiger partial charge in [0.2, 0.25) is 0 Å². The molecule has 0 amide bonds. The van der Waals surface area contributed by atoms with E-state index in [2.05, 4.69) is 0 Å². The van der Waals surface area contributed by atoms with E-state index in [0.29, 0.717) is 12.5 Å². The molecule has 0 aromatic heterocycles. The summed E-state index contributed by atoms with van der Waals surface area (Å²) in [6.07, 6.45) is 4.72. The average molecular weight is 209 g/mol. The van der Waals surface area contributed by atoms with Gasteiger partial charge in [-0.2, -0.15) is 11.8 Å². The van der Waals surface area contributed by atoms with Crippen molar-refractivity contribution in [3.63, 3.8) is 0 Å². The molecule has 0 spiro atoms. The van der Waals surface area contributed by atoms with Crippen LogP contribution in [0.2, 0.25) is 0 Å². The van der Waals surface area contributed by atoms with Crippen molar-refractivity contribution in [3.05, 3.63) is 12.2 Å². The van der Waals surface area contributed by atoms with E-state index in [-0.39, 0.29) is 35.5 Å². The smallest absolute Gasteiger partial charge is 0.330 e. The Bertz CT molecular complexity index is 176. The molecule has 69 valence electrons. The van der Waals surface area contributed by atoms with Crippen LogP contribution < -0.4 is 0 Å². The van der Waals surface area contributed by atoms with E-state index in [1.54, 1.807) is 6.08 Å². The number of carbonyl (C=O) groups is 1. The molecule has 13 heavy (non-hydrogen) atoms. The molecule has 1 aliphatic rings. The molecule has 0 N–H and O–H groups in total. The summed E-state index contributed by atoms with van der Waals surface area (Å²) in [5, 5.41) is 0. The van der Waals surface area contributed by atoms with Gasteiger partial charge in [-0.25, -0.2) is 4.79 Å². The summed E-state index contributed by atoms with van der Waals surface area (Å²) >= 11 is 1.94. The number of rotatable bonds is 3. The zero-order chi connectivity index (χ0) is 8.81. The minimum absolute atomic E-state index is 0. The fourth-order valence-corrected chi connectivity index (χ4v) is 2.33. The number of allylic oxidation sites excluding steroid dienone is 1. The Morgan fingerprint density at radius 1 is 1.69 bits per heavy atom. The molecule has 0 saturated carbocycles. The van der Waals surface area contributed by atoms with E-state index in [1.807, 2.05) is 24.8 Å². The molecular formula is C9H14NaO2S. The van der Waals surface area contributed by atoms with Gasteiger partial charge in [0.05, 0.1) is 6.61 Å². The maximum absolute atomic E-state index is 10.9. The van der Waals surface area contributed by atoms with Crippen LogP contribution in [0.25, 0.3) is 0 Å². The minimum Gasteiger partial charge on any atom is -0.463 e. The van der Waals surface area contributed by atoms with Crippen LogP contribution in [0.1, 0.15) is 13.3 Å². The fraction of sp³-hybridized carbons (Fsp3) is 0.667. The van der Waals surface area contributed by atoms with E-state index in [1.165, 1.54) is 12.2 Å². The number of hydrogen-bond donors (Lipinski definition) is 0. The Hall–Kier alpha value is 0.560. The van der Waals surface area contributed by atoms with Gasteiger partial charge in [-0.3, -0.25) is 0 Å². The van der Waals surface area contributed by atoms with E-state index in [4.69, 9.17) is 4.74 Å². The summed E-state index contributed by atoms with van der Waals surface area (Å²) < 4.78 is 4.77. The Morgan fingerprint density at radius 3 is 3.00 bits per heavy atom. The molecule has 0 aromatic carbocycles. The largest absolute Gasteiger partial charge is 0.463 e. The van der Waals surface area contributed by atoms with Gasteiger partial charge in [0, 0.05) is 35.6 Å². The molecule has 0 bridgehead atoms. The number of carbonyl (C=O) groups excluding carboxylic acids is 1. The van der Waals surface area contributed by atoms with Crippen LogP contribution in [0.4, 0.5) is 0 Å². The van der Waals surface area contributed by atoms with Crippen LogP contribution in [-0.2, 0) is 9.53 Å². The van der Waals surface area contributed by atoms with Crippen molar-refractivity contribution in [2.75, 3.05) is 18.1 Å². The third kappa shape index (κ3) is 5.78. The molecule has 1 radical (unpaired) electrons. The van der Waals surface area contributed by atoms with E-state index < -0.39 is 0 Å². The third-order valence-electron chi connectivity index (χ3n) is 1.76. The summed E-state index contributed by atoms with van der Waals surface area (Å²) in [4.78, 5) is 10.9. The summed E-state index contributed by atoms with van der Waals surface area (Å²) in [6.45, 7) is 2.28. The summed E-state index contributed by atoms with van der Waals surface area (Å²) in [5.74, 6) is 2.74. The van der Waals surface area contributed by atoms with Gasteiger partial charge in [-0.15, -0.1) is 0 Å². The van der Waals surface area contributed by atoms with E-state index >= 15 is 0 Å². The van der Waals surface area contributed by atoms with Gasteiger partial charge in [-0.1, -0.05) is 6.08 Å².